The molecule has 0 spiro atoms. The Kier molecular flexibility index (Phi) is 4.02. The van der Waals surface area contributed by atoms with E-state index in [1.54, 1.807) is 0 Å². The van der Waals surface area contributed by atoms with E-state index in [-0.39, 0.29) is 6.42 Å². The number of benzene rings is 1. The van der Waals surface area contributed by atoms with Gasteiger partial charge in [-0.2, -0.15) is 0 Å². The predicted molar refractivity (Wildman–Crippen MR) is 88.6 cm³/mol. The first-order chi connectivity index (χ1) is 11.2. The molecule has 1 aromatic rings. The minimum atomic E-state index is -0.680. The zero-order chi connectivity index (χ0) is 15.8. The molecule has 2 fully saturated rings. The minimum Gasteiger partial charge on any atom is -0.481 e. The molecule has 23 heavy (non-hydrogen) atoms. The zero-order valence-corrected chi connectivity index (χ0v) is 13.5. The summed E-state index contributed by atoms with van der Waals surface area (Å²) in [7, 11) is 0. The lowest BCUT2D eigenvalue weighted by Crippen LogP contribution is -2.37. The molecule has 1 N–H and O–H groups in total. The summed E-state index contributed by atoms with van der Waals surface area (Å²) < 4.78 is 5.61. The third kappa shape index (κ3) is 3.09. The molecule has 1 saturated heterocycles. The van der Waals surface area contributed by atoms with Crippen LogP contribution in [0.1, 0.15) is 24.8 Å². The van der Waals surface area contributed by atoms with Gasteiger partial charge in [0.05, 0.1) is 0 Å². The molecule has 4 heteroatoms. The van der Waals surface area contributed by atoms with Gasteiger partial charge in [0.25, 0.3) is 0 Å². The smallest absolute Gasteiger partial charge is 0.303 e. The summed E-state index contributed by atoms with van der Waals surface area (Å²) in [6.45, 7) is 3.98. The van der Waals surface area contributed by atoms with Gasteiger partial charge in [0, 0.05) is 38.4 Å². The van der Waals surface area contributed by atoms with E-state index in [1.807, 2.05) is 0 Å². The van der Waals surface area contributed by atoms with Crippen molar-refractivity contribution in [3.05, 3.63) is 29.8 Å². The molecule has 4 atom stereocenters. The Morgan fingerprint density at radius 3 is 2.96 bits per heavy atom. The third-order valence-corrected chi connectivity index (χ3v) is 5.93. The maximum atomic E-state index is 10.9. The third-order valence-electron chi connectivity index (χ3n) is 5.93. The van der Waals surface area contributed by atoms with Crippen molar-refractivity contribution in [1.82, 2.24) is 0 Å². The summed E-state index contributed by atoms with van der Waals surface area (Å²) in [5.41, 5.74) is 2.75. The Morgan fingerprint density at radius 2 is 2.17 bits per heavy atom. The van der Waals surface area contributed by atoms with Crippen molar-refractivity contribution in [1.29, 1.82) is 0 Å². The van der Waals surface area contributed by atoms with Crippen molar-refractivity contribution in [2.75, 3.05) is 31.2 Å². The molecule has 0 bridgehead atoms. The van der Waals surface area contributed by atoms with E-state index in [0.29, 0.717) is 5.92 Å². The number of carboxylic acid groups (broad SMARTS) is 1. The molecule has 1 aliphatic carbocycles. The van der Waals surface area contributed by atoms with Crippen molar-refractivity contribution in [2.45, 2.75) is 25.7 Å². The van der Waals surface area contributed by atoms with E-state index in [2.05, 4.69) is 29.2 Å². The van der Waals surface area contributed by atoms with Gasteiger partial charge < -0.3 is 14.7 Å². The van der Waals surface area contributed by atoms with Gasteiger partial charge >= 0.3 is 5.97 Å². The van der Waals surface area contributed by atoms with Gasteiger partial charge in [-0.05, 0) is 54.6 Å². The molecule has 4 unspecified atom stereocenters. The van der Waals surface area contributed by atoms with Gasteiger partial charge in [0.15, 0.2) is 0 Å². The van der Waals surface area contributed by atoms with E-state index in [4.69, 9.17) is 9.84 Å². The fraction of sp³-hybridized carbons (Fsp3) is 0.632. The highest BCUT2D eigenvalue weighted by molar-refractivity contribution is 5.66. The Morgan fingerprint density at radius 1 is 1.30 bits per heavy atom. The number of para-hydroxylation sites is 1. The maximum Gasteiger partial charge on any atom is 0.303 e. The first-order valence-electron chi connectivity index (χ1n) is 8.85. The molecule has 1 aromatic carbocycles. The highest BCUT2D eigenvalue weighted by Crippen LogP contribution is 2.52. The van der Waals surface area contributed by atoms with Gasteiger partial charge in [-0.1, -0.05) is 18.2 Å². The van der Waals surface area contributed by atoms with Crippen LogP contribution < -0.4 is 4.90 Å². The number of fused-ring (bicyclic) bond motifs is 2. The molecule has 3 aliphatic rings. The van der Waals surface area contributed by atoms with Crippen LogP contribution in [0.15, 0.2) is 24.3 Å². The van der Waals surface area contributed by atoms with Crippen molar-refractivity contribution in [3.63, 3.8) is 0 Å². The number of carbonyl (C=O) groups is 1. The predicted octanol–water partition coefficient (Wildman–Crippen LogP) is 2.81. The molecular formula is C19H25NO3. The molecule has 4 rings (SSSR count). The summed E-state index contributed by atoms with van der Waals surface area (Å²) in [5.74, 6) is 2.16. The Labute approximate surface area is 137 Å². The molecule has 0 amide bonds. The summed E-state index contributed by atoms with van der Waals surface area (Å²) in [5, 5.41) is 8.97. The van der Waals surface area contributed by atoms with Gasteiger partial charge in [-0.3, -0.25) is 4.79 Å². The SMILES string of the molecule is O=C(O)CCC1Cc2ccccc2N(CC2C3CCOCC32)C1. The molecule has 0 radical (unpaired) electrons. The van der Waals surface area contributed by atoms with Crippen molar-refractivity contribution in [2.24, 2.45) is 23.7 Å². The fourth-order valence-electron chi connectivity index (χ4n) is 4.64. The van der Waals surface area contributed by atoms with Crippen LogP contribution >= 0.6 is 0 Å². The minimum absolute atomic E-state index is 0.281. The van der Waals surface area contributed by atoms with Crippen LogP contribution in [0, 0.1) is 23.7 Å². The number of rotatable bonds is 5. The summed E-state index contributed by atoms with van der Waals surface area (Å²) >= 11 is 0. The number of hydrogen-bond donors (Lipinski definition) is 1. The van der Waals surface area contributed by atoms with Crippen LogP contribution in [0.3, 0.4) is 0 Å². The van der Waals surface area contributed by atoms with Crippen molar-refractivity contribution >= 4 is 11.7 Å². The van der Waals surface area contributed by atoms with E-state index < -0.39 is 5.97 Å². The topological polar surface area (TPSA) is 49.8 Å². The Balaban J connectivity index is 1.47. The molecular weight excluding hydrogens is 290 g/mol. The monoisotopic (exact) mass is 315 g/mol. The molecule has 2 aliphatic heterocycles. The van der Waals surface area contributed by atoms with Crippen LogP contribution in [0.25, 0.3) is 0 Å². The molecule has 2 heterocycles. The Bertz CT molecular complexity index is 576. The van der Waals surface area contributed by atoms with E-state index in [0.717, 1.165) is 56.9 Å². The van der Waals surface area contributed by atoms with E-state index in [1.165, 1.54) is 17.7 Å². The second-order valence-corrected chi connectivity index (χ2v) is 7.39. The van der Waals surface area contributed by atoms with Crippen LogP contribution in [-0.2, 0) is 16.0 Å². The summed E-state index contributed by atoms with van der Waals surface area (Å²) in [4.78, 5) is 13.4. The lowest BCUT2D eigenvalue weighted by Gasteiger charge is -2.36. The highest BCUT2D eigenvalue weighted by Gasteiger charge is 2.52. The largest absolute Gasteiger partial charge is 0.481 e. The first kappa shape index (κ1) is 15.0. The normalized spacial score (nSPS) is 32.1. The number of hydrogen-bond acceptors (Lipinski definition) is 3. The zero-order valence-electron chi connectivity index (χ0n) is 13.5. The van der Waals surface area contributed by atoms with Gasteiger partial charge in [-0.15, -0.1) is 0 Å². The second-order valence-electron chi connectivity index (χ2n) is 7.39. The standard InChI is InChI=1S/C19H25NO3/c21-19(22)6-5-13-9-14-3-1-2-4-18(14)20(10-13)11-16-15-7-8-23-12-17(15)16/h1-4,13,15-17H,5-12H2,(H,21,22). The van der Waals surface area contributed by atoms with Crippen LogP contribution in [-0.4, -0.2) is 37.4 Å². The highest BCUT2D eigenvalue weighted by atomic mass is 16.5. The van der Waals surface area contributed by atoms with Gasteiger partial charge in [-0.25, -0.2) is 0 Å². The van der Waals surface area contributed by atoms with Crippen molar-refractivity contribution in [3.8, 4) is 0 Å². The summed E-state index contributed by atoms with van der Waals surface area (Å²) in [6.07, 6.45) is 3.29. The summed E-state index contributed by atoms with van der Waals surface area (Å²) in [6, 6.07) is 8.65. The average Bonchev–Trinajstić information content (AvgIpc) is 3.26. The maximum absolute atomic E-state index is 10.9. The van der Waals surface area contributed by atoms with E-state index in [9.17, 15) is 4.79 Å². The molecule has 124 valence electrons. The number of carboxylic acids is 1. The second kappa shape index (κ2) is 6.16. The van der Waals surface area contributed by atoms with Crippen molar-refractivity contribution < 1.29 is 14.6 Å². The quantitative estimate of drug-likeness (QED) is 0.908. The van der Waals surface area contributed by atoms with Crippen LogP contribution in [0.5, 0.6) is 0 Å². The van der Waals surface area contributed by atoms with E-state index >= 15 is 0 Å². The number of ether oxygens (including phenoxy) is 1. The van der Waals surface area contributed by atoms with Gasteiger partial charge in [0.1, 0.15) is 0 Å². The number of aliphatic carboxylic acids is 1. The fourth-order valence-corrected chi connectivity index (χ4v) is 4.64. The Hall–Kier alpha value is -1.55. The number of anilines is 1. The van der Waals surface area contributed by atoms with Gasteiger partial charge in [0.2, 0.25) is 0 Å². The lowest BCUT2D eigenvalue weighted by molar-refractivity contribution is -0.137. The molecule has 4 nitrogen and oxygen atoms in total. The lowest BCUT2D eigenvalue weighted by atomic mass is 9.89. The number of nitrogens with zero attached hydrogens (tertiary/aromatic N) is 1. The first-order valence-corrected chi connectivity index (χ1v) is 8.85. The van der Waals surface area contributed by atoms with Crippen LogP contribution in [0.4, 0.5) is 5.69 Å². The average molecular weight is 315 g/mol. The van der Waals surface area contributed by atoms with Crippen LogP contribution in [0.2, 0.25) is 0 Å². The molecule has 1 saturated carbocycles. The molecule has 0 aromatic heterocycles.